The number of hydrogen-bond acceptors (Lipinski definition) is 8. The first kappa shape index (κ1) is 19.4. The van der Waals surface area contributed by atoms with Crippen LogP contribution in [0.3, 0.4) is 0 Å². The molecule has 0 aliphatic carbocycles. The van der Waals surface area contributed by atoms with Crippen LogP contribution in [0, 0.1) is 11.6 Å². The van der Waals surface area contributed by atoms with Crippen molar-refractivity contribution < 1.29 is 23.4 Å². The molecule has 1 aliphatic heterocycles. The minimum Gasteiger partial charge on any atom is -0.481 e. The van der Waals surface area contributed by atoms with Gasteiger partial charge in [-0.05, 0) is 25.1 Å². The van der Waals surface area contributed by atoms with Gasteiger partial charge in [0.15, 0.2) is 5.70 Å². The Morgan fingerprint density at radius 3 is 2.70 bits per heavy atom. The summed E-state index contributed by atoms with van der Waals surface area (Å²) >= 11 is 1.85. The van der Waals surface area contributed by atoms with E-state index >= 15 is 0 Å². The Balaban J connectivity index is 2.07. The molecule has 5 N–H and O–H groups in total. The van der Waals surface area contributed by atoms with Gasteiger partial charge in [0.1, 0.15) is 22.7 Å². The molecule has 0 bridgehead atoms. The third-order valence-electron chi connectivity index (χ3n) is 3.76. The van der Waals surface area contributed by atoms with Crippen molar-refractivity contribution in [1.29, 1.82) is 0 Å². The molecule has 7 nitrogen and oxygen atoms in total. The van der Waals surface area contributed by atoms with E-state index in [4.69, 9.17) is 16.2 Å². The van der Waals surface area contributed by atoms with Crippen LogP contribution in [0.15, 0.2) is 35.1 Å². The Bertz CT molecular complexity index is 870. The second-order valence-corrected chi connectivity index (χ2v) is 7.37. The molecule has 0 saturated heterocycles. The molecule has 144 valence electrons. The predicted octanol–water partition coefficient (Wildman–Crippen LogP) is 2.61. The van der Waals surface area contributed by atoms with E-state index in [2.05, 4.69) is 4.37 Å². The van der Waals surface area contributed by atoms with Gasteiger partial charge in [-0.1, -0.05) is 17.8 Å². The number of aromatic nitrogens is 1. The average Bonchev–Trinajstić information content (AvgIpc) is 3.19. The van der Waals surface area contributed by atoms with E-state index in [1.54, 1.807) is 0 Å². The fourth-order valence-corrected chi connectivity index (χ4v) is 4.42. The summed E-state index contributed by atoms with van der Waals surface area (Å²) in [6, 6.07) is 3.45. The van der Waals surface area contributed by atoms with Gasteiger partial charge in [0.25, 0.3) is 0 Å². The van der Waals surface area contributed by atoms with Crippen molar-refractivity contribution in [2.24, 2.45) is 11.5 Å². The molecule has 2 aromatic rings. The molecule has 11 heteroatoms. The third-order valence-corrected chi connectivity index (χ3v) is 5.58. The summed E-state index contributed by atoms with van der Waals surface area (Å²) in [4.78, 5) is 13.0. The van der Waals surface area contributed by atoms with E-state index in [0.717, 1.165) is 35.4 Å². The number of benzene rings is 1. The molecule has 1 aromatic carbocycles. The van der Waals surface area contributed by atoms with E-state index in [-0.39, 0.29) is 22.0 Å². The first-order valence-corrected chi connectivity index (χ1v) is 9.51. The molecule has 1 unspecified atom stereocenters. The van der Waals surface area contributed by atoms with Gasteiger partial charge in [-0.25, -0.2) is 13.6 Å². The number of anilines is 1. The Morgan fingerprint density at radius 2 is 2.07 bits per heavy atom. The molecular weight excluding hydrogens is 398 g/mol. The van der Waals surface area contributed by atoms with Gasteiger partial charge in [-0.3, -0.25) is 0 Å². The molecule has 0 radical (unpaired) electrons. The van der Waals surface area contributed by atoms with Crippen LogP contribution in [0.5, 0.6) is 5.06 Å². The molecule has 0 amide bonds. The number of carboxylic acids is 1. The number of aliphatic carboxylic acids is 1. The Morgan fingerprint density at radius 1 is 1.37 bits per heavy atom. The normalized spacial score (nSPS) is 16.9. The van der Waals surface area contributed by atoms with Crippen molar-refractivity contribution >= 4 is 35.0 Å². The average molecular weight is 414 g/mol. The minimum atomic E-state index is -1.32. The summed E-state index contributed by atoms with van der Waals surface area (Å²) in [7, 11) is 0. The second kappa shape index (κ2) is 8.11. The van der Waals surface area contributed by atoms with Crippen LogP contribution >= 0.6 is 23.3 Å². The van der Waals surface area contributed by atoms with E-state index in [1.165, 1.54) is 17.2 Å². The number of hydrogen-bond donors (Lipinski definition) is 3. The highest BCUT2D eigenvalue weighted by molar-refractivity contribution is 8.03. The van der Waals surface area contributed by atoms with Crippen LogP contribution < -0.4 is 21.1 Å². The zero-order valence-electron chi connectivity index (χ0n) is 13.9. The van der Waals surface area contributed by atoms with Gasteiger partial charge < -0.3 is 26.2 Å². The quantitative estimate of drug-likeness (QED) is 0.593. The zero-order chi connectivity index (χ0) is 19.6. The maximum Gasteiger partial charge on any atom is 0.355 e. The maximum atomic E-state index is 14.4. The second-order valence-electron chi connectivity index (χ2n) is 5.48. The van der Waals surface area contributed by atoms with Crippen LogP contribution in [-0.2, 0) is 4.79 Å². The molecule has 0 saturated carbocycles. The fourth-order valence-electron chi connectivity index (χ4n) is 2.59. The third kappa shape index (κ3) is 3.70. The van der Waals surface area contributed by atoms with Crippen LogP contribution in [0.25, 0.3) is 0 Å². The van der Waals surface area contributed by atoms with Crippen LogP contribution in [0.1, 0.15) is 17.4 Å². The van der Waals surface area contributed by atoms with Crippen molar-refractivity contribution in [2.75, 3.05) is 18.1 Å². The first-order chi connectivity index (χ1) is 13.0. The largest absolute Gasteiger partial charge is 0.481 e. The van der Waals surface area contributed by atoms with Gasteiger partial charge in [0.2, 0.25) is 5.06 Å². The number of nitrogens with two attached hydrogens (primary N) is 2. The fraction of sp³-hybridized carbons (Fsp3) is 0.250. The lowest BCUT2D eigenvalue weighted by Crippen LogP contribution is -2.28. The smallest absolute Gasteiger partial charge is 0.355 e. The van der Waals surface area contributed by atoms with E-state index in [9.17, 15) is 18.7 Å². The van der Waals surface area contributed by atoms with Gasteiger partial charge in [-0.15, -0.1) is 0 Å². The Kier molecular flexibility index (Phi) is 5.82. The SMILES string of the molecule is NCCCOc1sncc1N1C(C(=O)O)=C(N)SC1c1c(F)cccc1F. The van der Waals surface area contributed by atoms with E-state index in [1.807, 2.05) is 0 Å². The number of nitrogens with zero attached hydrogens (tertiary/aromatic N) is 2. The highest BCUT2D eigenvalue weighted by Crippen LogP contribution is 2.52. The van der Waals surface area contributed by atoms with Crippen LogP contribution in [0.4, 0.5) is 14.5 Å². The monoisotopic (exact) mass is 414 g/mol. The molecule has 1 atom stereocenters. The molecule has 27 heavy (non-hydrogen) atoms. The Hall–Kier alpha value is -2.37. The molecule has 1 aliphatic rings. The standard InChI is InChI=1S/C16H16F2N4O3S2/c17-8-3-1-4-9(18)11(8)14-22(12(15(23)24)13(20)26-14)10-7-21-27-16(10)25-6-2-5-19/h1,3-4,7,14H,2,5-6,19-20H2,(H,23,24). The predicted molar refractivity (Wildman–Crippen MR) is 99.3 cm³/mol. The van der Waals surface area contributed by atoms with E-state index < -0.39 is 23.0 Å². The lowest BCUT2D eigenvalue weighted by molar-refractivity contribution is -0.132. The summed E-state index contributed by atoms with van der Waals surface area (Å²) in [5, 5.41) is 8.81. The van der Waals surface area contributed by atoms with Gasteiger partial charge >= 0.3 is 5.97 Å². The summed E-state index contributed by atoms with van der Waals surface area (Å²) in [5.41, 5.74) is 11.0. The summed E-state index contributed by atoms with van der Waals surface area (Å²) < 4.78 is 38.4. The van der Waals surface area contributed by atoms with Crippen LogP contribution in [-0.4, -0.2) is 28.6 Å². The number of carboxylic acid groups (broad SMARTS) is 1. The summed E-state index contributed by atoms with van der Waals surface area (Å²) in [6.07, 6.45) is 1.97. The lowest BCUT2D eigenvalue weighted by Gasteiger charge is -2.27. The number of ether oxygens (including phenoxy) is 1. The summed E-state index contributed by atoms with van der Waals surface area (Å²) in [6.45, 7) is 0.719. The van der Waals surface area contributed by atoms with Crippen molar-refractivity contribution in [3.05, 3.63) is 52.3 Å². The topological polar surface area (TPSA) is 115 Å². The maximum absolute atomic E-state index is 14.4. The molecule has 1 aromatic heterocycles. The first-order valence-electron chi connectivity index (χ1n) is 7.86. The van der Waals surface area contributed by atoms with Gasteiger partial charge in [-0.2, -0.15) is 4.37 Å². The Labute approximate surface area is 161 Å². The molecule has 0 fully saturated rings. The van der Waals surface area contributed by atoms with Crippen molar-refractivity contribution in [3.8, 4) is 5.06 Å². The number of carbonyl (C=O) groups is 1. The van der Waals surface area contributed by atoms with Gasteiger partial charge in [0, 0.05) is 11.5 Å². The van der Waals surface area contributed by atoms with Crippen molar-refractivity contribution in [2.45, 2.75) is 11.8 Å². The number of thioether (sulfide) groups is 1. The molecule has 0 spiro atoms. The van der Waals surface area contributed by atoms with Gasteiger partial charge in [0.05, 0.1) is 23.4 Å². The van der Waals surface area contributed by atoms with Crippen molar-refractivity contribution in [1.82, 2.24) is 4.37 Å². The number of rotatable bonds is 7. The minimum absolute atomic E-state index is 0.0609. The molecular formula is C16H16F2N4O3S2. The number of halogens is 2. The van der Waals surface area contributed by atoms with Crippen molar-refractivity contribution in [3.63, 3.8) is 0 Å². The highest BCUT2D eigenvalue weighted by Gasteiger charge is 2.41. The molecule has 3 rings (SSSR count). The van der Waals surface area contributed by atoms with Crippen LogP contribution in [0.2, 0.25) is 0 Å². The summed E-state index contributed by atoms with van der Waals surface area (Å²) in [5.74, 6) is -2.92. The highest BCUT2D eigenvalue weighted by atomic mass is 32.2. The lowest BCUT2D eigenvalue weighted by atomic mass is 10.1. The zero-order valence-corrected chi connectivity index (χ0v) is 15.5. The molecule has 2 heterocycles. The van der Waals surface area contributed by atoms with E-state index in [0.29, 0.717) is 24.6 Å².